The molecule has 1 fully saturated rings. The Hall–Kier alpha value is -1.71. The van der Waals surface area contributed by atoms with Crippen LogP contribution in [0.15, 0.2) is 30.9 Å². The molecule has 1 aliphatic carbocycles. The fourth-order valence-corrected chi connectivity index (χ4v) is 3.83. The van der Waals surface area contributed by atoms with Crippen LogP contribution in [0.2, 0.25) is 0 Å². The monoisotopic (exact) mass is 322 g/mol. The minimum Gasteiger partial charge on any atom is -0.451 e. The summed E-state index contributed by atoms with van der Waals surface area (Å²) < 4.78 is 33.0. The number of esters is 1. The van der Waals surface area contributed by atoms with Crippen molar-refractivity contribution in [1.29, 1.82) is 0 Å². The topological polar surface area (TPSA) is 26.3 Å². The van der Waals surface area contributed by atoms with Crippen molar-refractivity contribution in [2.75, 3.05) is 0 Å². The number of benzene rings is 1. The summed E-state index contributed by atoms with van der Waals surface area (Å²) >= 11 is 0. The van der Waals surface area contributed by atoms with E-state index in [1.165, 1.54) is 12.1 Å². The van der Waals surface area contributed by atoms with Crippen LogP contribution < -0.4 is 0 Å². The third-order valence-electron chi connectivity index (χ3n) is 4.88. The molecule has 1 saturated carbocycles. The third kappa shape index (κ3) is 3.46. The van der Waals surface area contributed by atoms with Crippen LogP contribution in [0.5, 0.6) is 0 Å². The molecule has 4 heteroatoms. The summed E-state index contributed by atoms with van der Waals surface area (Å²) in [6.07, 6.45) is 3.63. The number of carbonyl (C=O) groups is 1. The molecule has 0 spiro atoms. The van der Waals surface area contributed by atoms with Gasteiger partial charge >= 0.3 is 5.97 Å². The van der Waals surface area contributed by atoms with Crippen molar-refractivity contribution in [1.82, 2.24) is 0 Å². The molecule has 2 rings (SSSR count). The van der Waals surface area contributed by atoms with Gasteiger partial charge in [0, 0.05) is 12.0 Å². The zero-order valence-electron chi connectivity index (χ0n) is 13.9. The highest BCUT2D eigenvalue weighted by molar-refractivity contribution is 5.81. The lowest BCUT2D eigenvalue weighted by atomic mass is 9.64. The largest absolute Gasteiger partial charge is 0.451 e. The first-order valence-electron chi connectivity index (χ1n) is 8.11. The summed E-state index contributed by atoms with van der Waals surface area (Å²) in [5, 5.41) is 0. The van der Waals surface area contributed by atoms with E-state index in [0.29, 0.717) is 17.9 Å². The first-order chi connectivity index (χ1) is 10.8. The molecule has 3 unspecified atom stereocenters. The number of ether oxygens (including phenoxy) is 1. The molecule has 1 aliphatic rings. The first-order valence-corrected chi connectivity index (χ1v) is 8.11. The predicted molar refractivity (Wildman–Crippen MR) is 85.7 cm³/mol. The molecular weight excluding hydrogens is 298 g/mol. The quantitative estimate of drug-likeness (QED) is 0.577. The van der Waals surface area contributed by atoms with Crippen LogP contribution in [0.1, 0.15) is 45.6 Å². The lowest BCUT2D eigenvalue weighted by molar-refractivity contribution is -0.173. The number of hydrogen-bond donors (Lipinski definition) is 0. The van der Waals surface area contributed by atoms with Crippen molar-refractivity contribution < 1.29 is 18.3 Å². The summed E-state index contributed by atoms with van der Waals surface area (Å²) in [7, 11) is 0. The van der Waals surface area contributed by atoms with Crippen molar-refractivity contribution in [2.45, 2.75) is 45.6 Å². The Labute approximate surface area is 136 Å². The van der Waals surface area contributed by atoms with Gasteiger partial charge in [-0.05, 0) is 42.4 Å². The second kappa shape index (κ2) is 6.81. The number of rotatable bonds is 4. The van der Waals surface area contributed by atoms with Crippen molar-refractivity contribution in [3.8, 4) is 0 Å². The van der Waals surface area contributed by atoms with Crippen LogP contribution >= 0.6 is 0 Å². The Bertz CT molecular complexity index is 597. The lowest BCUT2D eigenvalue weighted by Gasteiger charge is -2.47. The summed E-state index contributed by atoms with van der Waals surface area (Å²) in [5.41, 5.74) is -0.414. The van der Waals surface area contributed by atoms with Gasteiger partial charge in [0.1, 0.15) is 5.60 Å². The van der Waals surface area contributed by atoms with Gasteiger partial charge in [-0.15, -0.1) is 0 Å². The average Bonchev–Trinajstić information content (AvgIpc) is 2.49. The van der Waals surface area contributed by atoms with E-state index in [1.807, 2.05) is 0 Å². The van der Waals surface area contributed by atoms with Gasteiger partial charge in [0.25, 0.3) is 0 Å². The third-order valence-corrected chi connectivity index (χ3v) is 4.88. The highest BCUT2D eigenvalue weighted by atomic mass is 19.2. The summed E-state index contributed by atoms with van der Waals surface area (Å²) in [6, 6.07) is 3.80. The predicted octanol–water partition coefficient (Wildman–Crippen LogP) is 4.98. The van der Waals surface area contributed by atoms with E-state index in [1.54, 1.807) is 0 Å². The summed E-state index contributed by atoms with van der Waals surface area (Å²) in [4.78, 5) is 12.0. The standard InChI is InChI=1S/C19H24F2O2/c1-5-18(22)23-19(14-7-9-16(20)17(21)10-14)11-13(4)6-8-15(19)12(2)3/h5,7,9-10,12-13,15H,1,6,8,11H2,2-4H3. The van der Waals surface area contributed by atoms with Gasteiger partial charge in [-0.3, -0.25) is 0 Å². The van der Waals surface area contributed by atoms with E-state index in [4.69, 9.17) is 4.74 Å². The van der Waals surface area contributed by atoms with Crippen LogP contribution in [0, 0.1) is 29.4 Å². The Morgan fingerprint density at radius 3 is 2.61 bits per heavy atom. The molecule has 0 aromatic heterocycles. The minimum atomic E-state index is -0.939. The van der Waals surface area contributed by atoms with Gasteiger partial charge < -0.3 is 4.74 Å². The molecule has 0 heterocycles. The molecule has 0 saturated heterocycles. The molecule has 0 amide bonds. The Kier molecular flexibility index (Phi) is 5.23. The molecule has 0 N–H and O–H groups in total. The van der Waals surface area contributed by atoms with Gasteiger partial charge in [0.15, 0.2) is 11.6 Å². The smallest absolute Gasteiger partial charge is 0.331 e. The van der Waals surface area contributed by atoms with Gasteiger partial charge in [-0.2, -0.15) is 0 Å². The van der Waals surface area contributed by atoms with Crippen molar-refractivity contribution >= 4 is 5.97 Å². The molecule has 0 radical (unpaired) electrons. The second-order valence-electron chi connectivity index (χ2n) is 6.88. The summed E-state index contributed by atoms with van der Waals surface area (Å²) in [5.74, 6) is -1.73. The van der Waals surface area contributed by atoms with Crippen LogP contribution in [-0.4, -0.2) is 5.97 Å². The Morgan fingerprint density at radius 2 is 2.04 bits per heavy atom. The van der Waals surface area contributed by atoms with Crippen LogP contribution in [-0.2, 0) is 15.1 Å². The van der Waals surface area contributed by atoms with Crippen LogP contribution in [0.4, 0.5) is 8.78 Å². The van der Waals surface area contributed by atoms with E-state index in [-0.39, 0.29) is 11.8 Å². The van der Waals surface area contributed by atoms with Gasteiger partial charge in [-0.25, -0.2) is 13.6 Å². The van der Waals surface area contributed by atoms with E-state index in [0.717, 1.165) is 25.0 Å². The molecule has 1 aromatic carbocycles. The zero-order chi connectivity index (χ0) is 17.2. The van der Waals surface area contributed by atoms with Crippen molar-refractivity contribution in [3.63, 3.8) is 0 Å². The maximum Gasteiger partial charge on any atom is 0.331 e. The number of carbonyl (C=O) groups excluding carboxylic acids is 1. The van der Waals surface area contributed by atoms with Crippen LogP contribution in [0.3, 0.4) is 0 Å². The zero-order valence-corrected chi connectivity index (χ0v) is 13.9. The first kappa shape index (κ1) is 17.6. The average molecular weight is 322 g/mol. The highest BCUT2D eigenvalue weighted by Crippen LogP contribution is 2.50. The van der Waals surface area contributed by atoms with Crippen molar-refractivity contribution in [3.05, 3.63) is 48.1 Å². The molecule has 1 aromatic rings. The molecule has 2 nitrogen and oxygen atoms in total. The molecule has 0 bridgehead atoms. The fourth-order valence-electron chi connectivity index (χ4n) is 3.83. The molecule has 23 heavy (non-hydrogen) atoms. The van der Waals surface area contributed by atoms with Gasteiger partial charge in [0.2, 0.25) is 0 Å². The molecule has 3 atom stereocenters. The molecular formula is C19H24F2O2. The van der Waals surface area contributed by atoms with E-state index in [9.17, 15) is 13.6 Å². The number of halogens is 2. The van der Waals surface area contributed by atoms with Crippen molar-refractivity contribution in [2.24, 2.45) is 17.8 Å². The maximum atomic E-state index is 13.8. The highest BCUT2D eigenvalue weighted by Gasteiger charge is 2.48. The fraction of sp³-hybridized carbons (Fsp3) is 0.526. The second-order valence-corrected chi connectivity index (χ2v) is 6.88. The van der Waals surface area contributed by atoms with Crippen LogP contribution in [0.25, 0.3) is 0 Å². The summed E-state index contributed by atoms with van der Waals surface area (Å²) in [6.45, 7) is 9.69. The SMILES string of the molecule is C=CC(=O)OC1(c2ccc(F)c(F)c2)CC(C)CCC1C(C)C. The Morgan fingerprint density at radius 1 is 1.35 bits per heavy atom. The number of hydrogen-bond acceptors (Lipinski definition) is 2. The molecule has 126 valence electrons. The van der Waals surface area contributed by atoms with E-state index >= 15 is 0 Å². The Balaban J connectivity index is 2.58. The van der Waals surface area contributed by atoms with E-state index in [2.05, 4.69) is 27.4 Å². The molecule has 0 aliphatic heterocycles. The normalized spacial score (nSPS) is 27.7. The lowest BCUT2D eigenvalue weighted by Crippen LogP contribution is -2.46. The maximum absolute atomic E-state index is 13.8. The van der Waals surface area contributed by atoms with Gasteiger partial charge in [0.05, 0.1) is 0 Å². The van der Waals surface area contributed by atoms with Gasteiger partial charge in [-0.1, -0.05) is 39.8 Å². The minimum absolute atomic E-state index is 0.0486. The van der Waals surface area contributed by atoms with E-state index < -0.39 is 23.2 Å².